The molecule has 0 spiro atoms. The normalized spacial score (nSPS) is 15.8. The molecule has 1 aromatic carbocycles. The summed E-state index contributed by atoms with van der Waals surface area (Å²) in [7, 11) is 0. The van der Waals surface area contributed by atoms with Gasteiger partial charge in [0.1, 0.15) is 6.04 Å². The van der Waals surface area contributed by atoms with Crippen LogP contribution in [0, 0.1) is 0 Å². The molecule has 25 heavy (non-hydrogen) atoms. The van der Waals surface area contributed by atoms with Crippen LogP contribution in [-0.2, 0) is 16.1 Å². The second-order valence-corrected chi connectivity index (χ2v) is 7.50. The van der Waals surface area contributed by atoms with E-state index in [0.717, 1.165) is 37.7 Å². The lowest BCUT2D eigenvalue weighted by atomic mass is 10.1. The number of halogens is 2. The van der Waals surface area contributed by atoms with E-state index in [0.29, 0.717) is 23.0 Å². The topological polar surface area (TPSA) is 49.4 Å². The predicted molar refractivity (Wildman–Crippen MR) is 102 cm³/mol. The first-order chi connectivity index (χ1) is 11.9. The van der Waals surface area contributed by atoms with Crippen LogP contribution in [0.25, 0.3) is 0 Å². The average Bonchev–Trinajstić information content (AvgIpc) is 3.08. The van der Waals surface area contributed by atoms with Gasteiger partial charge in [0.05, 0.1) is 10.0 Å². The molecule has 0 heterocycles. The second-order valence-electron chi connectivity index (χ2n) is 6.69. The quantitative estimate of drug-likeness (QED) is 0.748. The molecule has 1 aliphatic rings. The molecule has 0 radical (unpaired) electrons. The lowest BCUT2D eigenvalue weighted by Gasteiger charge is -2.29. The van der Waals surface area contributed by atoms with Crippen LogP contribution in [0.4, 0.5) is 0 Å². The van der Waals surface area contributed by atoms with Gasteiger partial charge in [-0.2, -0.15) is 0 Å². The third-order valence-corrected chi connectivity index (χ3v) is 5.41. The smallest absolute Gasteiger partial charge is 0.242 e. The molecule has 1 aliphatic carbocycles. The SMILES string of the molecule is CCCC(=O)N(Cc1ccc(Cl)c(Cl)c1)C(C)C(=O)NC1CCCC1. The predicted octanol–water partition coefficient (Wildman–Crippen LogP) is 4.57. The van der Waals surface area contributed by atoms with Gasteiger partial charge in [0.25, 0.3) is 0 Å². The van der Waals surface area contributed by atoms with Gasteiger partial charge in [-0.1, -0.05) is 49.0 Å². The molecule has 2 amide bonds. The average molecular weight is 385 g/mol. The van der Waals surface area contributed by atoms with E-state index in [1.54, 1.807) is 24.0 Å². The van der Waals surface area contributed by atoms with Gasteiger partial charge in [-0.05, 0) is 43.9 Å². The van der Waals surface area contributed by atoms with Gasteiger partial charge >= 0.3 is 0 Å². The van der Waals surface area contributed by atoms with Crippen molar-refractivity contribution in [3.63, 3.8) is 0 Å². The van der Waals surface area contributed by atoms with Gasteiger partial charge in [0, 0.05) is 19.0 Å². The third-order valence-electron chi connectivity index (χ3n) is 4.67. The van der Waals surface area contributed by atoms with Crippen molar-refractivity contribution < 1.29 is 9.59 Å². The van der Waals surface area contributed by atoms with E-state index in [4.69, 9.17) is 23.2 Å². The van der Waals surface area contributed by atoms with Crippen molar-refractivity contribution in [1.29, 1.82) is 0 Å². The monoisotopic (exact) mass is 384 g/mol. The van der Waals surface area contributed by atoms with Crippen LogP contribution in [0.5, 0.6) is 0 Å². The first kappa shape index (κ1) is 20.1. The second kappa shape index (κ2) is 9.44. The fourth-order valence-corrected chi connectivity index (χ4v) is 3.49. The molecule has 138 valence electrons. The summed E-state index contributed by atoms with van der Waals surface area (Å²) in [5.41, 5.74) is 0.861. The summed E-state index contributed by atoms with van der Waals surface area (Å²) in [6.07, 6.45) is 5.51. The minimum absolute atomic E-state index is 0.0253. The highest BCUT2D eigenvalue weighted by atomic mass is 35.5. The summed E-state index contributed by atoms with van der Waals surface area (Å²) in [5, 5.41) is 4.01. The summed E-state index contributed by atoms with van der Waals surface area (Å²) in [6, 6.07) is 5.02. The molecule has 6 heteroatoms. The number of hydrogen-bond acceptors (Lipinski definition) is 2. The first-order valence-corrected chi connectivity index (χ1v) is 9.71. The number of nitrogens with one attached hydrogen (secondary N) is 1. The van der Waals surface area contributed by atoms with Gasteiger partial charge in [-0.3, -0.25) is 9.59 Å². The summed E-state index contributed by atoms with van der Waals surface area (Å²) in [4.78, 5) is 26.8. The summed E-state index contributed by atoms with van der Waals surface area (Å²) >= 11 is 12.0. The summed E-state index contributed by atoms with van der Waals surface area (Å²) < 4.78 is 0. The van der Waals surface area contributed by atoms with Crippen molar-refractivity contribution in [1.82, 2.24) is 10.2 Å². The Morgan fingerprint density at radius 1 is 1.24 bits per heavy atom. The maximum absolute atomic E-state index is 12.6. The van der Waals surface area contributed by atoms with Gasteiger partial charge in [-0.15, -0.1) is 0 Å². The Labute approximate surface area is 159 Å². The molecule has 1 N–H and O–H groups in total. The molecule has 1 fully saturated rings. The molecule has 1 aromatic rings. The van der Waals surface area contributed by atoms with Crippen LogP contribution < -0.4 is 5.32 Å². The Morgan fingerprint density at radius 2 is 1.92 bits per heavy atom. The van der Waals surface area contributed by atoms with E-state index in [9.17, 15) is 9.59 Å². The number of carbonyl (C=O) groups is 2. The van der Waals surface area contributed by atoms with Gasteiger partial charge in [0.2, 0.25) is 11.8 Å². The molecular weight excluding hydrogens is 359 g/mol. The van der Waals surface area contributed by atoms with E-state index >= 15 is 0 Å². The van der Waals surface area contributed by atoms with Crippen molar-refractivity contribution in [3.05, 3.63) is 33.8 Å². The Kier molecular flexibility index (Phi) is 7.57. The highest BCUT2D eigenvalue weighted by molar-refractivity contribution is 6.42. The molecule has 0 bridgehead atoms. The highest BCUT2D eigenvalue weighted by Gasteiger charge is 2.28. The molecular formula is C19H26Cl2N2O2. The zero-order valence-corrected chi connectivity index (χ0v) is 16.4. The van der Waals surface area contributed by atoms with Crippen molar-refractivity contribution in [3.8, 4) is 0 Å². The number of hydrogen-bond donors (Lipinski definition) is 1. The van der Waals surface area contributed by atoms with Crippen molar-refractivity contribution >= 4 is 35.0 Å². The molecule has 2 rings (SSSR count). The van der Waals surface area contributed by atoms with Crippen LogP contribution in [0.1, 0.15) is 57.9 Å². The molecule has 4 nitrogen and oxygen atoms in total. The van der Waals surface area contributed by atoms with E-state index in [1.807, 2.05) is 13.0 Å². The Balaban J connectivity index is 2.11. The lowest BCUT2D eigenvalue weighted by molar-refractivity contribution is -0.140. The Hall–Kier alpha value is -1.26. The Morgan fingerprint density at radius 3 is 2.52 bits per heavy atom. The molecule has 0 saturated heterocycles. The molecule has 1 saturated carbocycles. The zero-order chi connectivity index (χ0) is 18.4. The zero-order valence-electron chi connectivity index (χ0n) is 14.9. The fourth-order valence-electron chi connectivity index (χ4n) is 3.17. The van der Waals surface area contributed by atoms with Gasteiger partial charge in [0.15, 0.2) is 0 Å². The molecule has 0 aromatic heterocycles. The van der Waals surface area contributed by atoms with Crippen LogP contribution >= 0.6 is 23.2 Å². The summed E-state index contributed by atoms with van der Waals surface area (Å²) in [6.45, 7) is 4.09. The van der Waals surface area contributed by atoms with Crippen molar-refractivity contribution in [2.24, 2.45) is 0 Å². The van der Waals surface area contributed by atoms with E-state index < -0.39 is 6.04 Å². The maximum atomic E-state index is 12.6. The van der Waals surface area contributed by atoms with Gasteiger partial charge in [-0.25, -0.2) is 0 Å². The highest BCUT2D eigenvalue weighted by Crippen LogP contribution is 2.24. The number of benzene rings is 1. The first-order valence-electron chi connectivity index (χ1n) is 8.96. The van der Waals surface area contributed by atoms with Crippen LogP contribution in [0.2, 0.25) is 10.0 Å². The maximum Gasteiger partial charge on any atom is 0.242 e. The minimum Gasteiger partial charge on any atom is -0.352 e. The number of nitrogens with zero attached hydrogens (tertiary/aromatic N) is 1. The van der Waals surface area contributed by atoms with Gasteiger partial charge < -0.3 is 10.2 Å². The van der Waals surface area contributed by atoms with Crippen LogP contribution in [0.15, 0.2) is 18.2 Å². The fraction of sp³-hybridized carbons (Fsp3) is 0.579. The molecule has 1 atom stereocenters. The van der Waals surface area contributed by atoms with Crippen LogP contribution in [-0.4, -0.2) is 28.8 Å². The van der Waals surface area contributed by atoms with E-state index in [-0.39, 0.29) is 17.9 Å². The number of amides is 2. The Bertz CT molecular complexity index is 615. The standard InChI is InChI=1S/C19H26Cl2N2O2/c1-3-6-18(24)23(12-14-9-10-16(20)17(21)11-14)13(2)19(25)22-15-7-4-5-8-15/h9-11,13,15H,3-8,12H2,1-2H3,(H,22,25). The minimum atomic E-state index is -0.519. The summed E-state index contributed by atoms with van der Waals surface area (Å²) in [5.74, 6) is -0.112. The molecule has 1 unspecified atom stereocenters. The lowest BCUT2D eigenvalue weighted by Crippen LogP contribution is -2.49. The third kappa shape index (κ3) is 5.61. The van der Waals surface area contributed by atoms with E-state index in [2.05, 4.69) is 5.32 Å². The van der Waals surface area contributed by atoms with E-state index in [1.165, 1.54) is 0 Å². The number of rotatable bonds is 7. The largest absolute Gasteiger partial charge is 0.352 e. The van der Waals surface area contributed by atoms with Crippen molar-refractivity contribution in [2.45, 2.75) is 71.0 Å². The van der Waals surface area contributed by atoms with Crippen LogP contribution in [0.3, 0.4) is 0 Å². The van der Waals surface area contributed by atoms with Crippen molar-refractivity contribution in [2.75, 3.05) is 0 Å². The molecule has 0 aliphatic heterocycles. The number of carbonyl (C=O) groups excluding carboxylic acids is 2.